The molecule has 0 unspecified atom stereocenters. The number of nitrogens with zero attached hydrogens (tertiary/aromatic N) is 3. The lowest BCUT2D eigenvalue weighted by atomic mass is 10.1. The first-order chi connectivity index (χ1) is 15.8. The highest BCUT2D eigenvalue weighted by molar-refractivity contribution is 7.17. The molecule has 4 aromatic rings. The van der Waals surface area contributed by atoms with Crippen LogP contribution in [-0.4, -0.2) is 21.6 Å². The number of aromatic nitrogens is 2. The van der Waals surface area contributed by atoms with Crippen LogP contribution in [0.2, 0.25) is 0 Å². The van der Waals surface area contributed by atoms with Crippen LogP contribution in [-0.2, 0) is 17.9 Å². The lowest BCUT2D eigenvalue weighted by molar-refractivity contribution is -0.119. The molecule has 0 saturated heterocycles. The number of carbonyl (C=O) groups is 1. The van der Waals surface area contributed by atoms with Gasteiger partial charge in [-0.2, -0.15) is 0 Å². The Morgan fingerprint density at radius 1 is 0.970 bits per heavy atom. The van der Waals surface area contributed by atoms with E-state index >= 15 is 0 Å². The van der Waals surface area contributed by atoms with Crippen molar-refractivity contribution < 1.29 is 4.79 Å². The number of hydrogen-bond acceptors (Lipinski definition) is 4. The molecule has 0 radical (unpaired) electrons. The van der Waals surface area contributed by atoms with Crippen molar-refractivity contribution in [1.29, 1.82) is 0 Å². The molecule has 0 atom stereocenters. The fourth-order valence-electron chi connectivity index (χ4n) is 4.03. The molecule has 0 aliphatic carbocycles. The second-order valence-corrected chi connectivity index (χ2v) is 9.21. The fourth-order valence-corrected chi connectivity index (χ4v) is 4.87. The van der Waals surface area contributed by atoms with Crippen LogP contribution in [0.5, 0.6) is 0 Å². The van der Waals surface area contributed by atoms with Crippen LogP contribution in [0.1, 0.15) is 29.2 Å². The van der Waals surface area contributed by atoms with Gasteiger partial charge in [0.05, 0.1) is 12.1 Å². The van der Waals surface area contributed by atoms with Gasteiger partial charge >= 0.3 is 5.69 Å². The molecule has 1 amide bonds. The van der Waals surface area contributed by atoms with Crippen LogP contribution in [0.3, 0.4) is 0 Å². The number of fused-ring (bicyclic) bond motifs is 1. The SMILES string of the molecule is CCN(C(=O)Cn1c(=O)n(Cc2ccc(C)c(C)c2)c(=O)c2sccc21)c1cccc(C)c1. The number of carbonyl (C=O) groups excluding carboxylic acids is 1. The van der Waals surface area contributed by atoms with E-state index < -0.39 is 5.69 Å². The third-order valence-corrected chi connectivity index (χ3v) is 6.86. The zero-order chi connectivity index (χ0) is 23.7. The summed E-state index contributed by atoms with van der Waals surface area (Å²) in [6, 6.07) is 15.4. The average Bonchev–Trinajstić information content (AvgIpc) is 3.27. The van der Waals surface area contributed by atoms with Crippen LogP contribution in [0.15, 0.2) is 63.5 Å². The second-order valence-electron chi connectivity index (χ2n) is 8.29. The van der Waals surface area contributed by atoms with E-state index in [2.05, 4.69) is 0 Å². The summed E-state index contributed by atoms with van der Waals surface area (Å²) in [5.74, 6) is -0.200. The normalized spacial score (nSPS) is 11.2. The van der Waals surface area contributed by atoms with Crippen molar-refractivity contribution in [2.24, 2.45) is 0 Å². The Hall–Kier alpha value is -3.45. The minimum atomic E-state index is -0.474. The lowest BCUT2D eigenvalue weighted by Crippen LogP contribution is -2.43. The first kappa shape index (κ1) is 22.7. The molecular weight excluding hydrogens is 434 g/mol. The van der Waals surface area contributed by atoms with Crippen molar-refractivity contribution in [2.45, 2.75) is 40.8 Å². The van der Waals surface area contributed by atoms with Crippen LogP contribution < -0.4 is 16.1 Å². The van der Waals surface area contributed by atoms with Gasteiger partial charge in [0.1, 0.15) is 11.2 Å². The van der Waals surface area contributed by atoms with Gasteiger partial charge in [0.25, 0.3) is 5.56 Å². The highest BCUT2D eigenvalue weighted by Crippen LogP contribution is 2.19. The molecule has 2 aromatic heterocycles. The van der Waals surface area contributed by atoms with Crippen LogP contribution in [0.25, 0.3) is 10.2 Å². The molecule has 0 aliphatic rings. The summed E-state index contributed by atoms with van der Waals surface area (Å²) in [5, 5.41) is 1.78. The summed E-state index contributed by atoms with van der Waals surface area (Å²) in [4.78, 5) is 41.5. The Morgan fingerprint density at radius 3 is 2.45 bits per heavy atom. The molecule has 0 aliphatic heterocycles. The summed E-state index contributed by atoms with van der Waals surface area (Å²) in [5.41, 5.74) is 4.68. The third-order valence-electron chi connectivity index (χ3n) is 5.97. The lowest BCUT2D eigenvalue weighted by Gasteiger charge is -2.22. The Labute approximate surface area is 196 Å². The quantitative estimate of drug-likeness (QED) is 0.431. The van der Waals surface area contributed by atoms with Gasteiger partial charge in [-0.3, -0.25) is 18.7 Å². The summed E-state index contributed by atoms with van der Waals surface area (Å²) in [6.07, 6.45) is 0. The van der Waals surface area contributed by atoms with E-state index in [1.165, 1.54) is 20.5 Å². The number of thiophene rings is 1. The van der Waals surface area contributed by atoms with E-state index in [0.29, 0.717) is 16.8 Å². The Bertz CT molecular complexity index is 1460. The van der Waals surface area contributed by atoms with Gasteiger partial charge in [-0.25, -0.2) is 4.79 Å². The van der Waals surface area contributed by atoms with Gasteiger partial charge in [-0.1, -0.05) is 30.3 Å². The van der Waals surface area contributed by atoms with Crippen molar-refractivity contribution >= 4 is 33.1 Å². The second kappa shape index (κ2) is 9.19. The fraction of sp³-hybridized carbons (Fsp3) is 0.269. The topological polar surface area (TPSA) is 64.3 Å². The Morgan fingerprint density at radius 2 is 1.76 bits per heavy atom. The van der Waals surface area contributed by atoms with Crippen molar-refractivity contribution in [3.8, 4) is 0 Å². The Kier molecular flexibility index (Phi) is 6.33. The van der Waals surface area contributed by atoms with Gasteiger partial charge in [0, 0.05) is 12.2 Å². The minimum Gasteiger partial charge on any atom is -0.311 e. The molecule has 0 N–H and O–H groups in total. The highest BCUT2D eigenvalue weighted by Gasteiger charge is 2.20. The first-order valence-electron chi connectivity index (χ1n) is 10.9. The molecule has 170 valence electrons. The molecule has 6 nitrogen and oxygen atoms in total. The molecule has 2 aromatic carbocycles. The van der Waals surface area contributed by atoms with Crippen LogP contribution in [0.4, 0.5) is 5.69 Å². The summed E-state index contributed by atoms with van der Waals surface area (Å²) in [6.45, 7) is 8.41. The molecule has 33 heavy (non-hydrogen) atoms. The molecule has 4 rings (SSSR count). The third kappa shape index (κ3) is 4.41. The van der Waals surface area contributed by atoms with E-state index in [0.717, 1.165) is 27.9 Å². The smallest absolute Gasteiger partial charge is 0.311 e. The molecule has 7 heteroatoms. The number of benzene rings is 2. The Balaban J connectivity index is 1.76. The predicted octanol–water partition coefficient (Wildman–Crippen LogP) is 4.25. The molecule has 2 heterocycles. The minimum absolute atomic E-state index is 0.138. The van der Waals surface area contributed by atoms with Crippen molar-refractivity contribution in [2.75, 3.05) is 11.4 Å². The van der Waals surface area contributed by atoms with E-state index in [1.807, 2.05) is 70.2 Å². The molecule has 0 spiro atoms. The summed E-state index contributed by atoms with van der Waals surface area (Å²) < 4.78 is 3.14. The molecular formula is C26H27N3O3S. The standard InChI is InChI=1S/C26H27N3O3S/c1-5-27(21-8-6-7-17(2)13-21)23(30)16-28-22-11-12-33-24(22)25(31)29(26(28)32)15-20-10-9-18(3)19(4)14-20/h6-14H,5,15-16H2,1-4H3. The monoisotopic (exact) mass is 461 g/mol. The first-order valence-corrected chi connectivity index (χ1v) is 11.8. The number of likely N-dealkylation sites (N-methyl/N-ethyl adjacent to an activating group) is 1. The molecule has 0 saturated carbocycles. The maximum absolute atomic E-state index is 13.5. The van der Waals surface area contributed by atoms with Crippen LogP contribution >= 0.6 is 11.3 Å². The van der Waals surface area contributed by atoms with Gasteiger partial charge in [0.15, 0.2) is 0 Å². The highest BCUT2D eigenvalue weighted by atomic mass is 32.1. The molecule has 0 bridgehead atoms. The van der Waals surface area contributed by atoms with Crippen molar-refractivity contribution in [3.05, 3.63) is 97.0 Å². The number of amides is 1. The van der Waals surface area contributed by atoms with E-state index in [4.69, 9.17) is 0 Å². The van der Waals surface area contributed by atoms with E-state index in [1.54, 1.807) is 16.3 Å². The van der Waals surface area contributed by atoms with Gasteiger partial charge in [-0.15, -0.1) is 11.3 Å². The van der Waals surface area contributed by atoms with Crippen LogP contribution in [0, 0.1) is 20.8 Å². The number of anilines is 1. The summed E-state index contributed by atoms with van der Waals surface area (Å²) >= 11 is 1.29. The van der Waals surface area contributed by atoms with Crippen molar-refractivity contribution in [1.82, 2.24) is 9.13 Å². The number of aryl methyl sites for hydroxylation is 3. The number of hydrogen-bond donors (Lipinski definition) is 0. The maximum atomic E-state index is 13.5. The van der Waals surface area contributed by atoms with Gasteiger partial charge < -0.3 is 4.90 Å². The number of rotatable bonds is 6. The zero-order valence-corrected chi connectivity index (χ0v) is 20.1. The molecule has 0 fully saturated rings. The van der Waals surface area contributed by atoms with Gasteiger partial charge in [0.2, 0.25) is 5.91 Å². The zero-order valence-electron chi connectivity index (χ0n) is 19.3. The summed E-state index contributed by atoms with van der Waals surface area (Å²) in [7, 11) is 0. The van der Waals surface area contributed by atoms with Gasteiger partial charge in [-0.05, 0) is 73.5 Å². The maximum Gasteiger partial charge on any atom is 0.332 e. The van der Waals surface area contributed by atoms with Crippen molar-refractivity contribution in [3.63, 3.8) is 0 Å². The average molecular weight is 462 g/mol. The van der Waals surface area contributed by atoms with E-state index in [-0.39, 0.29) is 24.6 Å². The predicted molar refractivity (Wildman–Crippen MR) is 135 cm³/mol. The largest absolute Gasteiger partial charge is 0.332 e. The van der Waals surface area contributed by atoms with E-state index in [9.17, 15) is 14.4 Å².